The lowest BCUT2D eigenvalue weighted by Gasteiger charge is -2.13. The van der Waals surface area contributed by atoms with Crippen LogP contribution in [0, 0.1) is 0 Å². The third kappa shape index (κ3) is 3.13. The minimum Gasteiger partial charge on any atom is -0.335 e. The Bertz CT molecular complexity index is 541. The second-order valence-electron chi connectivity index (χ2n) is 3.94. The zero-order valence-electron chi connectivity index (χ0n) is 10.3. The molecule has 2 N–H and O–H groups in total. The van der Waals surface area contributed by atoms with Crippen molar-refractivity contribution in [2.75, 3.05) is 17.3 Å². The Labute approximate surface area is 109 Å². The Morgan fingerprint density at radius 3 is 3.17 bits per heavy atom. The van der Waals surface area contributed by atoms with Crippen LogP contribution >= 0.6 is 11.8 Å². The first kappa shape index (κ1) is 12.7. The lowest BCUT2D eigenvalue weighted by atomic mass is 10.4. The Morgan fingerprint density at radius 2 is 2.39 bits per heavy atom. The van der Waals surface area contributed by atoms with Crippen LogP contribution in [0.3, 0.4) is 0 Å². The summed E-state index contributed by atoms with van der Waals surface area (Å²) in [4.78, 5) is 15.7. The highest BCUT2D eigenvalue weighted by Crippen LogP contribution is 2.08. The number of hydrogen-bond acceptors (Lipinski definition) is 4. The number of nitrogens with one attached hydrogen (secondary N) is 2. The second kappa shape index (κ2) is 5.72. The van der Waals surface area contributed by atoms with Gasteiger partial charge in [0.2, 0.25) is 0 Å². The molecule has 1 atom stereocenters. The molecule has 7 heteroatoms. The Balaban J connectivity index is 1.97. The number of anilines is 1. The SMILES string of the molecule is CSCC(C)NC(=O)Nc1ccc2ncnn2c1. The number of pyridine rings is 1. The Morgan fingerprint density at radius 1 is 1.56 bits per heavy atom. The van der Waals surface area contributed by atoms with Crippen LogP contribution in [0.4, 0.5) is 10.5 Å². The van der Waals surface area contributed by atoms with Gasteiger partial charge >= 0.3 is 6.03 Å². The molecule has 18 heavy (non-hydrogen) atoms. The maximum atomic E-state index is 11.7. The molecule has 2 amide bonds. The van der Waals surface area contributed by atoms with Gasteiger partial charge in [-0.25, -0.2) is 14.3 Å². The fourth-order valence-corrected chi connectivity index (χ4v) is 2.16. The molecule has 2 aromatic heterocycles. The number of nitrogens with zero attached hydrogens (tertiary/aromatic N) is 3. The molecule has 0 saturated carbocycles. The van der Waals surface area contributed by atoms with Crippen LogP contribution in [0.15, 0.2) is 24.7 Å². The van der Waals surface area contributed by atoms with Gasteiger partial charge in [0.25, 0.3) is 0 Å². The standard InChI is InChI=1S/C11H15N5OS/c1-8(6-18-2)14-11(17)15-9-3-4-10-12-7-13-16(10)5-9/h3-5,7-8H,6H2,1-2H3,(H2,14,15,17). The maximum absolute atomic E-state index is 11.7. The van der Waals surface area contributed by atoms with Gasteiger partial charge in [-0.3, -0.25) is 0 Å². The molecule has 2 heterocycles. The molecule has 0 radical (unpaired) electrons. The molecule has 0 fully saturated rings. The van der Waals surface area contributed by atoms with Crippen LogP contribution in [-0.2, 0) is 0 Å². The molecule has 0 aliphatic heterocycles. The molecule has 0 aromatic carbocycles. The smallest absolute Gasteiger partial charge is 0.319 e. The lowest BCUT2D eigenvalue weighted by molar-refractivity contribution is 0.250. The van der Waals surface area contributed by atoms with Crippen LogP contribution in [0.5, 0.6) is 0 Å². The zero-order chi connectivity index (χ0) is 13.0. The summed E-state index contributed by atoms with van der Waals surface area (Å²) in [5.41, 5.74) is 1.43. The van der Waals surface area contributed by atoms with E-state index in [0.29, 0.717) is 5.69 Å². The highest BCUT2D eigenvalue weighted by Gasteiger charge is 2.07. The first-order valence-electron chi connectivity index (χ1n) is 5.55. The summed E-state index contributed by atoms with van der Waals surface area (Å²) < 4.78 is 1.61. The average molecular weight is 265 g/mol. The van der Waals surface area contributed by atoms with Gasteiger partial charge in [-0.1, -0.05) is 0 Å². The summed E-state index contributed by atoms with van der Waals surface area (Å²) in [5, 5.41) is 9.63. The van der Waals surface area contributed by atoms with Crippen molar-refractivity contribution in [3.63, 3.8) is 0 Å². The van der Waals surface area contributed by atoms with Gasteiger partial charge in [0.05, 0.1) is 11.9 Å². The van der Waals surface area contributed by atoms with Crippen molar-refractivity contribution in [1.29, 1.82) is 0 Å². The molecule has 1 unspecified atom stereocenters. The Hall–Kier alpha value is -1.76. The zero-order valence-corrected chi connectivity index (χ0v) is 11.1. The Kier molecular flexibility index (Phi) is 4.03. The fraction of sp³-hybridized carbons (Fsp3) is 0.364. The number of aromatic nitrogens is 3. The highest BCUT2D eigenvalue weighted by molar-refractivity contribution is 7.98. The maximum Gasteiger partial charge on any atom is 0.319 e. The van der Waals surface area contributed by atoms with E-state index in [1.54, 1.807) is 34.6 Å². The quantitative estimate of drug-likeness (QED) is 0.881. The number of fused-ring (bicyclic) bond motifs is 1. The first-order chi connectivity index (χ1) is 8.69. The molecule has 6 nitrogen and oxygen atoms in total. The summed E-state index contributed by atoms with van der Waals surface area (Å²) in [5.74, 6) is 0.884. The van der Waals surface area contributed by atoms with Gasteiger partial charge in [0.15, 0.2) is 5.65 Å². The van der Waals surface area contributed by atoms with Crippen molar-refractivity contribution in [2.24, 2.45) is 0 Å². The number of urea groups is 1. The molecule has 2 rings (SSSR count). The van der Waals surface area contributed by atoms with Gasteiger partial charge in [0, 0.05) is 11.8 Å². The third-order valence-corrected chi connectivity index (χ3v) is 3.16. The van der Waals surface area contributed by atoms with Crippen LogP contribution in [-0.4, -0.2) is 38.7 Å². The summed E-state index contributed by atoms with van der Waals surface area (Å²) in [6.07, 6.45) is 5.20. The van der Waals surface area contributed by atoms with Gasteiger partial charge in [-0.2, -0.15) is 16.9 Å². The molecule has 0 aliphatic rings. The van der Waals surface area contributed by atoms with Crippen LogP contribution in [0.1, 0.15) is 6.92 Å². The number of carbonyl (C=O) groups excluding carboxylic acids is 1. The predicted octanol–water partition coefficient (Wildman–Crippen LogP) is 1.60. The van der Waals surface area contributed by atoms with Crippen molar-refractivity contribution in [3.05, 3.63) is 24.7 Å². The second-order valence-corrected chi connectivity index (χ2v) is 4.85. The van der Waals surface area contributed by atoms with Crippen molar-refractivity contribution in [3.8, 4) is 0 Å². The molecular formula is C11H15N5OS. The van der Waals surface area contributed by atoms with Crippen molar-refractivity contribution in [2.45, 2.75) is 13.0 Å². The summed E-state index contributed by atoms with van der Waals surface area (Å²) in [7, 11) is 0. The highest BCUT2D eigenvalue weighted by atomic mass is 32.2. The van der Waals surface area contributed by atoms with Crippen molar-refractivity contribution < 1.29 is 4.79 Å². The predicted molar refractivity (Wildman–Crippen MR) is 73.0 cm³/mol. The van der Waals surface area contributed by atoms with Crippen LogP contribution in [0.2, 0.25) is 0 Å². The van der Waals surface area contributed by atoms with Crippen molar-refractivity contribution >= 4 is 29.1 Å². The van der Waals surface area contributed by atoms with E-state index in [-0.39, 0.29) is 12.1 Å². The van der Waals surface area contributed by atoms with Gasteiger partial charge in [-0.05, 0) is 25.3 Å². The topological polar surface area (TPSA) is 71.3 Å². The van der Waals surface area contributed by atoms with E-state index in [1.165, 1.54) is 6.33 Å². The van der Waals surface area contributed by atoms with E-state index >= 15 is 0 Å². The van der Waals surface area contributed by atoms with Crippen LogP contribution in [0.25, 0.3) is 5.65 Å². The lowest BCUT2D eigenvalue weighted by Crippen LogP contribution is -2.37. The van der Waals surface area contributed by atoms with Gasteiger partial charge in [-0.15, -0.1) is 0 Å². The number of hydrogen-bond donors (Lipinski definition) is 2. The summed E-state index contributed by atoms with van der Waals surface area (Å²) in [6.45, 7) is 1.97. The molecule has 96 valence electrons. The van der Waals surface area contributed by atoms with E-state index in [1.807, 2.05) is 13.2 Å². The first-order valence-corrected chi connectivity index (χ1v) is 6.94. The fourth-order valence-electron chi connectivity index (χ4n) is 1.57. The number of rotatable bonds is 4. The van der Waals surface area contributed by atoms with E-state index in [9.17, 15) is 4.79 Å². The molecule has 0 saturated heterocycles. The van der Waals surface area contributed by atoms with E-state index in [2.05, 4.69) is 20.7 Å². The minimum atomic E-state index is -0.212. The molecule has 0 bridgehead atoms. The molecule has 0 aliphatic carbocycles. The van der Waals surface area contributed by atoms with E-state index in [4.69, 9.17) is 0 Å². The van der Waals surface area contributed by atoms with E-state index < -0.39 is 0 Å². The normalized spacial score (nSPS) is 12.3. The molecule has 0 spiro atoms. The summed E-state index contributed by atoms with van der Waals surface area (Å²) >= 11 is 1.70. The monoisotopic (exact) mass is 265 g/mol. The third-order valence-electron chi connectivity index (χ3n) is 2.33. The van der Waals surface area contributed by atoms with Crippen molar-refractivity contribution in [1.82, 2.24) is 19.9 Å². The molecular weight excluding hydrogens is 250 g/mol. The van der Waals surface area contributed by atoms with Crippen LogP contribution < -0.4 is 10.6 Å². The molecule has 2 aromatic rings. The number of amides is 2. The number of thioether (sulfide) groups is 1. The largest absolute Gasteiger partial charge is 0.335 e. The number of carbonyl (C=O) groups is 1. The van der Waals surface area contributed by atoms with E-state index in [0.717, 1.165) is 11.4 Å². The minimum absolute atomic E-state index is 0.134. The van der Waals surface area contributed by atoms with Gasteiger partial charge < -0.3 is 10.6 Å². The van der Waals surface area contributed by atoms with Gasteiger partial charge in [0.1, 0.15) is 6.33 Å². The average Bonchev–Trinajstić information content (AvgIpc) is 2.76. The summed E-state index contributed by atoms with van der Waals surface area (Å²) in [6, 6.07) is 3.52.